The molecule has 1 atom stereocenters. The molecule has 1 aliphatic carbocycles. The minimum absolute atomic E-state index is 0.109. The Bertz CT molecular complexity index is 256. The molecule has 0 radical (unpaired) electrons. The van der Waals surface area contributed by atoms with Gasteiger partial charge in [0.05, 0.1) is 5.60 Å². The summed E-state index contributed by atoms with van der Waals surface area (Å²) in [6.07, 6.45) is 7.62. The van der Waals surface area contributed by atoms with Gasteiger partial charge in [-0.15, -0.1) is 0 Å². The van der Waals surface area contributed by atoms with Gasteiger partial charge in [-0.25, -0.2) is 0 Å². The van der Waals surface area contributed by atoms with Crippen molar-refractivity contribution in [2.75, 3.05) is 19.6 Å². The molecular weight excluding hydrogens is 216 g/mol. The van der Waals surface area contributed by atoms with E-state index < -0.39 is 5.60 Å². The molecule has 0 aromatic heterocycles. The Morgan fingerprint density at radius 2 is 2.12 bits per heavy atom. The molecule has 0 bridgehead atoms. The van der Waals surface area contributed by atoms with Crippen LogP contribution in [0, 0.1) is 5.92 Å². The molecule has 1 unspecified atom stereocenters. The van der Waals surface area contributed by atoms with Gasteiger partial charge >= 0.3 is 0 Å². The normalized spacial score (nSPS) is 30.4. The number of amides is 1. The van der Waals surface area contributed by atoms with Crippen molar-refractivity contribution in [2.24, 2.45) is 5.92 Å². The van der Waals surface area contributed by atoms with Gasteiger partial charge in [0, 0.05) is 19.5 Å². The highest BCUT2D eigenvalue weighted by Crippen LogP contribution is 2.26. The van der Waals surface area contributed by atoms with E-state index in [1.165, 1.54) is 32.1 Å². The summed E-state index contributed by atoms with van der Waals surface area (Å²) in [5, 5.41) is 16.1. The summed E-state index contributed by atoms with van der Waals surface area (Å²) in [5.41, 5.74) is -0.720. The van der Waals surface area contributed by atoms with Crippen LogP contribution < -0.4 is 10.6 Å². The van der Waals surface area contributed by atoms with Crippen LogP contribution in [-0.2, 0) is 4.79 Å². The Morgan fingerprint density at radius 1 is 1.35 bits per heavy atom. The number of hydrogen-bond donors (Lipinski definition) is 3. The highest BCUT2D eigenvalue weighted by atomic mass is 16.3. The van der Waals surface area contributed by atoms with Crippen LogP contribution in [0.15, 0.2) is 0 Å². The van der Waals surface area contributed by atoms with Crippen molar-refractivity contribution >= 4 is 5.91 Å². The molecular formula is C13H24N2O2. The maximum Gasteiger partial charge on any atom is 0.220 e. The van der Waals surface area contributed by atoms with Crippen LogP contribution >= 0.6 is 0 Å². The van der Waals surface area contributed by atoms with E-state index >= 15 is 0 Å². The van der Waals surface area contributed by atoms with E-state index in [9.17, 15) is 9.90 Å². The van der Waals surface area contributed by atoms with Gasteiger partial charge in [0.15, 0.2) is 0 Å². The van der Waals surface area contributed by atoms with E-state index in [2.05, 4.69) is 10.6 Å². The summed E-state index contributed by atoms with van der Waals surface area (Å²) in [7, 11) is 0. The molecule has 2 aliphatic rings. The van der Waals surface area contributed by atoms with E-state index in [4.69, 9.17) is 0 Å². The van der Waals surface area contributed by atoms with Gasteiger partial charge in [-0.1, -0.05) is 19.3 Å². The second-order valence-corrected chi connectivity index (χ2v) is 5.64. The molecule has 0 aromatic rings. The number of β-amino-alcohol motifs (C(OH)–C–C–N with tert-alkyl or cyclic N) is 1. The van der Waals surface area contributed by atoms with Gasteiger partial charge < -0.3 is 15.7 Å². The molecule has 1 heterocycles. The molecule has 0 spiro atoms. The SMILES string of the molecule is O=C(CC1CCCCC1)NCC1(O)CCNC1. The van der Waals surface area contributed by atoms with E-state index in [0.29, 0.717) is 25.4 Å². The van der Waals surface area contributed by atoms with Gasteiger partial charge in [-0.2, -0.15) is 0 Å². The number of aliphatic hydroxyl groups is 1. The fraction of sp³-hybridized carbons (Fsp3) is 0.923. The first kappa shape index (κ1) is 12.8. The lowest BCUT2D eigenvalue weighted by molar-refractivity contribution is -0.123. The lowest BCUT2D eigenvalue weighted by Crippen LogP contribution is -2.44. The monoisotopic (exact) mass is 240 g/mol. The number of hydrogen-bond acceptors (Lipinski definition) is 3. The Morgan fingerprint density at radius 3 is 2.76 bits per heavy atom. The quantitative estimate of drug-likeness (QED) is 0.681. The van der Waals surface area contributed by atoms with Crippen LogP contribution in [0.1, 0.15) is 44.9 Å². The molecule has 2 fully saturated rings. The predicted octanol–water partition coefficient (Wildman–Crippen LogP) is 0.797. The third kappa shape index (κ3) is 3.96. The first-order valence-corrected chi connectivity index (χ1v) is 6.88. The topological polar surface area (TPSA) is 61.4 Å². The van der Waals surface area contributed by atoms with Crippen molar-refractivity contribution in [3.05, 3.63) is 0 Å². The van der Waals surface area contributed by atoms with Gasteiger partial charge in [-0.05, 0) is 31.7 Å². The third-order valence-electron chi connectivity index (χ3n) is 4.03. The largest absolute Gasteiger partial charge is 0.387 e. The van der Waals surface area contributed by atoms with Crippen LogP contribution in [0.2, 0.25) is 0 Å². The van der Waals surface area contributed by atoms with Gasteiger partial charge in [-0.3, -0.25) is 4.79 Å². The fourth-order valence-corrected chi connectivity index (χ4v) is 2.87. The standard InChI is InChI=1S/C13H24N2O2/c16-12(8-11-4-2-1-3-5-11)15-10-13(17)6-7-14-9-13/h11,14,17H,1-10H2,(H,15,16). The molecule has 1 saturated carbocycles. The molecule has 3 N–H and O–H groups in total. The Hall–Kier alpha value is -0.610. The average molecular weight is 240 g/mol. The first-order valence-electron chi connectivity index (χ1n) is 6.88. The number of nitrogens with one attached hydrogen (secondary N) is 2. The summed E-state index contributed by atoms with van der Waals surface area (Å²) >= 11 is 0. The fourth-order valence-electron chi connectivity index (χ4n) is 2.87. The zero-order valence-corrected chi connectivity index (χ0v) is 10.5. The van der Waals surface area contributed by atoms with E-state index in [1.54, 1.807) is 0 Å². The zero-order chi connectivity index (χ0) is 12.1. The van der Waals surface area contributed by atoms with Crippen molar-refractivity contribution in [1.82, 2.24) is 10.6 Å². The molecule has 2 rings (SSSR count). The summed E-state index contributed by atoms with van der Waals surface area (Å²) < 4.78 is 0. The third-order valence-corrected chi connectivity index (χ3v) is 4.03. The van der Waals surface area contributed by atoms with E-state index in [-0.39, 0.29) is 5.91 Å². The van der Waals surface area contributed by atoms with Crippen LogP contribution in [0.5, 0.6) is 0 Å². The van der Waals surface area contributed by atoms with Crippen molar-refractivity contribution < 1.29 is 9.90 Å². The van der Waals surface area contributed by atoms with Gasteiger partial charge in [0.25, 0.3) is 0 Å². The molecule has 1 aliphatic heterocycles. The predicted molar refractivity (Wildman–Crippen MR) is 66.6 cm³/mol. The van der Waals surface area contributed by atoms with Crippen LogP contribution in [0.3, 0.4) is 0 Å². The number of carbonyl (C=O) groups excluding carboxylic acids is 1. The zero-order valence-electron chi connectivity index (χ0n) is 10.5. The molecule has 1 saturated heterocycles. The van der Waals surface area contributed by atoms with Crippen LogP contribution in [-0.4, -0.2) is 36.2 Å². The Labute approximate surface area is 103 Å². The molecule has 98 valence electrons. The second-order valence-electron chi connectivity index (χ2n) is 5.64. The van der Waals surface area contributed by atoms with Crippen LogP contribution in [0.4, 0.5) is 0 Å². The van der Waals surface area contributed by atoms with Crippen molar-refractivity contribution in [3.8, 4) is 0 Å². The molecule has 4 nitrogen and oxygen atoms in total. The van der Waals surface area contributed by atoms with E-state index in [0.717, 1.165) is 13.0 Å². The first-order chi connectivity index (χ1) is 8.18. The molecule has 1 amide bonds. The Kier molecular flexibility index (Phi) is 4.40. The smallest absolute Gasteiger partial charge is 0.220 e. The molecule has 4 heteroatoms. The summed E-state index contributed by atoms with van der Waals surface area (Å²) in [6, 6.07) is 0. The van der Waals surface area contributed by atoms with Crippen molar-refractivity contribution in [1.29, 1.82) is 0 Å². The highest BCUT2D eigenvalue weighted by Gasteiger charge is 2.31. The van der Waals surface area contributed by atoms with E-state index in [1.807, 2.05) is 0 Å². The van der Waals surface area contributed by atoms with Crippen molar-refractivity contribution in [3.63, 3.8) is 0 Å². The number of carbonyl (C=O) groups is 1. The lowest BCUT2D eigenvalue weighted by atomic mass is 9.87. The minimum Gasteiger partial charge on any atom is -0.387 e. The molecule has 17 heavy (non-hydrogen) atoms. The Balaban J connectivity index is 1.66. The lowest BCUT2D eigenvalue weighted by Gasteiger charge is -2.24. The maximum absolute atomic E-state index is 11.8. The van der Waals surface area contributed by atoms with Gasteiger partial charge in [0.2, 0.25) is 5.91 Å². The summed E-state index contributed by atoms with van der Waals surface area (Å²) in [4.78, 5) is 11.8. The number of rotatable bonds is 4. The molecule has 0 aromatic carbocycles. The van der Waals surface area contributed by atoms with Crippen molar-refractivity contribution in [2.45, 2.75) is 50.5 Å². The van der Waals surface area contributed by atoms with Crippen LogP contribution in [0.25, 0.3) is 0 Å². The summed E-state index contributed by atoms with van der Waals surface area (Å²) in [6.45, 7) is 1.83. The highest BCUT2D eigenvalue weighted by molar-refractivity contribution is 5.76. The minimum atomic E-state index is -0.720. The average Bonchev–Trinajstić information content (AvgIpc) is 2.76. The summed E-state index contributed by atoms with van der Waals surface area (Å²) in [5.74, 6) is 0.678. The maximum atomic E-state index is 11.8. The van der Waals surface area contributed by atoms with Gasteiger partial charge in [0.1, 0.15) is 0 Å². The second kappa shape index (κ2) is 5.83.